The van der Waals surface area contributed by atoms with Crippen LogP contribution in [0.1, 0.15) is 30.4 Å². The SMILES string of the molecule is CCN=C(NC1CC1c1ccccc1OC(F)(F)F)N(C)Cc1cnn(C)c1. The first kappa shape index (κ1) is 20.0. The van der Waals surface area contributed by atoms with Crippen LogP contribution in [-0.4, -0.2) is 46.6 Å². The van der Waals surface area contributed by atoms with E-state index in [1.165, 1.54) is 6.07 Å². The van der Waals surface area contributed by atoms with Crippen molar-refractivity contribution in [1.29, 1.82) is 0 Å². The van der Waals surface area contributed by atoms with Crippen LogP contribution in [0, 0.1) is 0 Å². The van der Waals surface area contributed by atoms with Crippen LogP contribution < -0.4 is 10.1 Å². The minimum Gasteiger partial charge on any atom is -0.405 e. The smallest absolute Gasteiger partial charge is 0.405 e. The van der Waals surface area contributed by atoms with E-state index in [1.807, 2.05) is 32.1 Å². The number of aliphatic imine (C=N–C) groups is 1. The monoisotopic (exact) mass is 395 g/mol. The minimum atomic E-state index is -4.70. The zero-order chi connectivity index (χ0) is 20.3. The van der Waals surface area contributed by atoms with Gasteiger partial charge in [-0.2, -0.15) is 5.10 Å². The summed E-state index contributed by atoms with van der Waals surface area (Å²) in [6, 6.07) is 6.32. The number of nitrogens with one attached hydrogen (secondary N) is 1. The van der Waals surface area contributed by atoms with Crippen LogP contribution in [0.25, 0.3) is 0 Å². The molecule has 0 spiro atoms. The van der Waals surface area contributed by atoms with Crippen LogP contribution in [0.3, 0.4) is 0 Å². The average Bonchev–Trinajstić information content (AvgIpc) is 3.25. The lowest BCUT2D eigenvalue weighted by atomic mass is 10.1. The van der Waals surface area contributed by atoms with Gasteiger partial charge in [-0.3, -0.25) is 9.67 Å². The van der Waals surface area contributed by atoms with Gasteiger partial charge in [0.05, 0.1) is 6.20 Å². The molecule has 1 N–H and O–H groups in total. The first-order valence-electron chi connectivity index (χ1n) is 9.11. The van der Waals surface area contributed by atoms with E-state index in [9.17, 15) is 13.2 Å². The van der Waals surface area contributed by atoms with Gasteiger partial charge in [0.2, 0.25) is 0 Å². The number of para-hydroxylation sites is 1. The molecule has 1 aromatic carbocycles. The number of aromatic nitrogens is 2. The first-order chi connectivity index (χ1) is 13.3. The number of halogens is 3. The van der Waals surface area contributed by atoms with Crippen LogP contribution in [0.2, 0.25) is 0 Å². The second-order valence-electron chi connectivity index (χ2n) is 6.85. The van der Waals surface area contributed by atoms with Crippen molar-refractivity contribution < 1.29 is 17.9 Å². The molecule has 0 radical (unpaired) electrons. The van der Waals surface area contributed by atoms with Gasteiger partial charge < -0.3 is 15.0 Å². The van der Waals surface area contributed by atoms with Gasteiger partial charge in [0.1, 0.15) is 5.75 Å². The van der Waals surface area contributed by atoms with Crippen LogP contribution in [-0.2, 0) is 13.6 Å². The molecule has 1 aliphatic carbocycles. The summed E-state index contributed by atoms with van der Waals surface area (Å²) in [7, 11) is 3.78. The largest absolute Gasteiger partial charge is 0.573 e. The highest BCUT2D eigenvalue weighted by Gasteiger charge is 2.42. The Hall–Kier alpha value is -2.71. The number of ether oxygens (including phenoxy) is 1. The van der Waals surface area contributed by atoms with E-state index >= 15 is 0 Å². The first-order valence-corrected chi connectivity index (χ1v) is 9.11. The Kier molecular flexibility index (Phi) is 5.81. The summed E-state index contributed by atoms with van der Waals surface area (Å²) < 4.78 is 43.9. The van der Waals surface area contributed by atoms with Crippen LogP contribution in [0.5, 0.6) is 5.75 Å². The number of guanidine groups is 1. The highest BCUT2D eigenvalue weighted by molar-refractivity contribution is 5.80. The van der Waals surface area contributed by atoms with Gasteiger partial charge in [-0.15, -0.1) is 13.2 Å². The van der Waals surface area contributed by atoms with Crippen molar-refractivity contribution in [2.45, 2.75) is 38.2 Å². The fourth-order valence-corrected chi connectivity index (χ4v) is 3.20. The van der Waals surface area contributed by atoms with E-state index in [-0.39, 0.29) is 17.7 Å². The van der Waals surface area contributed by atoms with E-state index in [0.29, 0.717) is 24.6 Å². The summed E-state index contributed by atoms with van der Waals surface area (Å²) >= 11 is 0. The highest BCUT2D eigenvalue weighted by atomic mass is 19.4. The van der Waals surface area contributed by atoms with E-state index < -0.39 is 6.36 Å². The van der Waals surface area contributed by atoms with Gasteiger partial charge in [0.25, 0.3) is 0 Å². The number of hydrogen-bond donors (Lipinski definition) is 1. The Morgan fingerprint density at radius 1 is 1.39 bits per heavy atom. The quantitative estimate of drug-likeness (QED) is 0.603. The molecule has 6 nitrogen and oxygen atoms in total. The van der Waals surface area contributed by atoms with E-state index in [2.05, 4.69) is 20.1 Å². The molecule has 1 saturated carbocycles. The molecule has 0 aliphatic heterocycles. The van der Waals surface area contributed by atoms with Crippen LogP contribution in [0.4, 0.5) is 13.2 Å². The molecule has 1 fully saturated rings. The molecule has 28 heavy (non-hydrogen) atoms. The molecule has 1 heterocycles. The molecule has 2 unspecified atom stereocenters. The molecule has 3 rings (SSSR count). The van der Waals surface area contributed by atoms with Crippen molar-refractivity contribution >= 4 is 5.96 Å². The summed E-state index contributed by atoms with van der Waals surface area (Å²) in [4.78, 5) is 6.49. The normalized spacial score (nSPS) is 19.4. The van der Waals surface area contributed by atoms with Gasteiger partial charge >= 0.3 is 6.36 Å². The molecule has 0 saturated heterocycles. The maximum atomic E-state index is 12.7. The number of aryl methyl sites for hydroxylation is 1. The standard InChI is InChI=1S/C19H24F3N5O/c1-4-23-18(26(2)11-13-10-24-27(3)12-13)25-16-9-15(16)14-7-5-6-8-17(14)28-19(20,21)22/h5-8,10,12,15-16H,4,9,11H2,1-3H3,(H,23,25). The van der Waals surface area contributed by atoms with E-state index in [4.69, 9.17) is 0 Å². The Labute approximate surface area is 162 Å². The Morgan fingerprint density at radius 2 is 2.14 bits per heavy atom. The Morgan fingerprint density at radius 3 is 2.79 bits per heavy atom. The lowest BCUT2D eigenvalue weighted by Crippen LogP contribution is -2.40. The predicted molar refractivity (Wildman–Crippen MR) is 100 cm³/mol. The summed E-state index contributed by atoms with van der Waals surface area (Å²) in [6.45, 7) is 3.17. The highest BCUT2D eigenvalue weighted by Crippen LogP contribution is 2.45. The average molecular weight is 395 g/mol. The van der Waals surface area contributed by atoms with Gasteiger partial charge in [-0.25, -0.2) is 0 Å². The summed E-state index contributed by atoms with van der Waals surface area (Å²) in [5.74, 6) is 0.530. The number of rotatable bonds is 6. The van der Waals surface area contributed by atoms with Crippen LogP contribution >= 0.6 is 0 Å². The third-order valence-corrected chi connectivity index (χ3v) is 4.50. The lowest BCUT2D eigenvalue weighted by molar-refractivity contribution is -0.274. The molecule has 2 aromatic rings. The van der Waals surface area contributed by atoms with Gasteiger partial charge in [-0.05, 0) is 25.0 Å². The van der Waals surface area contributed by atoms with E-state index in [0.717, 1.165) is 12.0 Å². The van der Waals surface area contributed by atoms with Crippen LogP contribution in [0.15, 0.2) is 41.7 Å². The number of hydrogen-bond acceptors (Lipinski definition) is 3. The zero-order valence-electron chi connectivity index (χ0n) is 16.1. The lowest BCUT2D eigenvalue weighted by Gasteiger charge is -2.22. The molecular formula is C19H24F3N5O. The van der Waals surface area contributed by atoms with Crippen molar-refractivity contribution in [3.05, 3.63) is 47.8 Å². The number of alkyl halides is 3. The van der Waals surface area contributed by atoms with Gasteiger partial charge in [0.15, 0.2) is 5.96 Å². The van der Waals surface area contributed by atoms with Crippen molar-refractivity contribution in [3.8, 4) is 5.75 Å². The summed E-state index contributed by atoms with van der Waals surface area (Å²) in [5, 5.41) is 7.53. The third-order valence-electron chi connectivity index (χ3n) is 4.50. The second-order valence-corrected chi connectivity index (χ2v) is 6.85. The Balaban J connectivity index is 1.66. The fraction of sp³-hybridized carbons (Fsp3) is 0.474. The molecular weight excluding hydrogens is 371 g/mol. The maximum Gasteiger partial charge on any atom is 0.573 e. The number of nitrogens with zero attached hydrogens (tertiary/aromatic N) is 4. The van der Waals surface area contributed by atoms with Crippen molar-refractivity contribution in [2.75, 3.05) is 13.6 Å². The predicted octanol–water partition coefficient (Wildman–Crippen LogP) is 3.27. The van der Waals surface area contributed by atoms with Gasteiger partial charge in [-0.1, -0.05) is 18.2 Å². The second kappa shape index (κ2) is 8.12. The molecule has 2 atom stereocenters. The van der Waals surface area contributed by atoms with Crippen molar-refractivity contribution in [1.82, 2.24) is 20.0 Å². The summed E-state index contributed by atoms with van der Waals surface area (Å²) in [6.07, 6.45) is -0.246. The van der Waals surface area contributed by atoms with Crippen molar-refractivity contribution in [3.63, 3.8) is 0 Å². The van der Waals surface area contributed by atoms with Gasteiger partial charge in [0, 0.05) is 50.9 Å². The minimum absolute atomic E-state index is 0.0135. The molecule has 9 heteroatoms. The topological polar surface area (TPSA) is 54.7 Å². The van der Waals surface area contributed by atoms with E-state index in [1.54, 1.807) is 29.1 Å². The fourth-order valence-electron chi connectivity index (χ4n) is 3.20. The maximum absolute atomic E-state index is 12.7. The van der Waals surface area contributed by atoms with Crippen molar-refractivity contribution in [2.24, 2.45) is 12.0 Å². The molecule has 0 amide bonds. The Bertz CT molecular complexity index is 833. The zero-order valence-corrected chi connectivity index (χ0v) is 16.1. The molecule has 1 aliphatic rings. The number of benzene rings is 1. The molecule has 0 bridgehead atoms. The summed E-state index contributed by atoms with van der Waals surface area (Å²) in [5.41, 5.74) is 1.61. The molecule has 152 valence electrons. The molecule has 1 aromatic heterocycles. The third kappa shape index (κ3) is 5.17.